The van der Waals surface area contributed by atoms with Gasteiger partial charge in [0.15, 0.2) is 0 Å². The Bertz CT molecular complexity index is 309. The van der Waals surface area contributed by atoms with Crippen LogP contribution in [0.3, 0.4) is 0 Å². The number of rotatable bonds is 2. The van der Waals surface area contributed by atoms with Crippen molar-refractivity contribution in [3.8, 4) is 0 Å². The zero-order valence-electron chi connectivity index (χ0n) is 8.43. The van der Waals surface area contributed by atoms with Gasteiger partial charge in [0.05, 0.1) is 11.5 Å². The van der Waals surface area contributed by atoms with Crippen LogP contribution in [0.4, 0.5) is 0 Å². The predicted octanol–water partition coefficient (Wildman–Crippen LogP) is -6.42. The molecule has 5 nitrogen and oxygen atoms in total. The molecule has 0 aromatic heterocycles. The van der Waals surface area contributed by atoms with Crippen molar-refractivity contribution in [2.75, 3.05) is 0 Å². The Kier molecular flexibility index (Phi) is 13.2. The molecule has 0 radical (unpaired) electrons. The number of carbonyl (C=O) groups is 2. The third-order valence-electron chi connectivity index (χ3n) is 1.38. The first-order valence-corrected chi connectivity index (χ1v) is 3.16. The molecule has 1 aromatic carbocycles. The molecule has 70 valence electrons. The summed E-state index contributed by atoms with van der Waals surface area (Å²) in [7, 11) is 0. The number of carbonyl (C=O) groups excluding carboxylic acids is 1. The minimum atomic E-state index is -1.48. The van der Waals surface area contributed by atoms with Crippen LogP contribution in [-0.4, -0.2) is 22.5 Å². The van der Waals surface area contributed by atoms with Crippen molar-refractivity contribution in [2.45, 2.75) is 0 Å². The standard InChI is InChI=1S/C8H6O4.K.Li.H2O/c9-7(10)5-3-1-2-4-6(5)8(11)12;;;/h1-4H,(H,9,10)(H,11,12);;;1H2/q;2*+1;/p-2. The summed E-state index contributed by atoms with van der Waals surface area (Å²) in [6, 6.07) is 5.31. The van der Waals surface area contributed by atoms with E-state index in [2.05, 4.69) is 0 Å². The van der Waals surface area contributed by atoms with Crippen molar-refractivity contribution in [1.29, 1.82) is 0 Å². The maximum absolute atomic E-state index is 10.4. The molecule has 0 bridgehead atoms. The third-order valence-corrected chi connectivity index (χ3v) is 1.38. The zero-order valence-corrected chi connectivity index (χ0v) is 11.6. The van der Waals surface area contributed by atoms with E-state index in [0.717, 1.165) is 0 Å². The molecule has 1 rings (SSSR count). The minimum Gasteiger partial charge on any atom is -0.870 e. The predicted molar refractivity (Wildman–Crippen MR) is 39.7 cm³/mol. The summed E-state index contributed by atoms with van der Waals surface area (Å²) in [4.78, 5) is 20.8. The number of hydrogen-bond acceptors (Lipinski definition) is 4. The van der Waals surface area contributed by atoms with Crippen LogP contribution >= 0.6 is 0 Å². The molecule has 0 aliphatic heterocycles. The first-order valence-electron chi connectivity index (χ1n) is 3.16. The van der Waals surface area contributed by atoms with Crippen LogP contribution in [0.25, 0.3) is 0 Å². The number of hydrogen-bond donors (Lipinski definition) is 1. The van der Waals surface area contributed by atoms with Gasteiger partial charge in [-0.15, -0.1) is 0 Å². The van der Waals surface area contributed by atoms with Crippen LogP contribution in [0.1, 0.15) is 20.7 Å². The Balaban J connectivity index is -0.000000480. The Hall–Kier alpha value is 0.354. The molecule has 0 unspecified atom stereocenters. The second-order valence-corrected chi connectivity index (χ2v) is 2.14. The fourth-order valence-corrected chi connectivity index (χ4v) is 0.848. The molecule has 0 saturated carbocycles. The van der Waals surface area contributed by atoms with Crippen LogP contribution in [-0.2, 0) is 0 Å². The Labute approximate surface area is 141 Å². The molecule has 0 aliphatic rings. The molecule has 0 saturated heterocycles. The molecule has 1 aromatic rings. The van der Waals surface area contributed by atoms with E-state index in [0.29, 0.717) is 0 Å². The van der Waals surface area contributed by atoms with E-state index in [-0.39, 0.29) is 86.8 Å². The number of aromatic carboxylic acids is 2. The quantitative estimate of drug-likeness (QED) is 0.506. The molecular formula is C8H6KLiO5. The van der Waals surface area contributed by atoms with Crippen molar-refractivity contribution in [1.82, 2.24) is 0 Å². The van der Waals surface area contributed by atoms with Gasteiger partial charge in [-0.2, -0.15) is 0 Å². The summed E-state index contributed by atoms with van der Waals surface area (Å²) in [6.45, 7) is 0. The normalized spacial score (nSPS) is 7.47. The fourth-order valence-electron chi connectivity index (χ4n) is 0.848. The van der Waals surface area contributed by atoms with Gasteiger partial charge in [0, 0.05) is 5.56 Å². The van der Waals surface area contributed by atoms with Crippen molar-refractivity contribution < 1.29 is 95.5 Å². The van der Waals surface area contributed by atoms with Gasteiger partial charge in [0.1, 0.15) is 0 Å². The van der Waals surface area contributed by atoms with Crippen molar-refractivity contribution in [2.24, 2.45) is 0 Å². The molecule has 15 heavy (non-hydrogen) atoms. The van der Waals surface area contributed by atoms with Gasteiger partial charge in [0.25, 0.3) is 0 Å². The number of benzene rings is 1. The van der Waals surface area contributed by atoms with Gasteiger partial charge in [-0.25, -0.2) is 4.79 Å². The minimum absolute atomic E-state index is 0. The first-order chi connectivity index (χ1) is 5.63. The molecule has 0 spiro atoms. The van der Waals surface area contributed by atoms with E-state index < -0.39 is 11.9 Å². The molecule has 0 fully saturated rings. The van der Waals surface area contributed by atoms with E-state index in [1.165, 1.54) is 24.3 Å². The molecule has 0 atom stereocenters. The average molecular weight is 228 g/mol. The SMILES string of the molecule is O=C([O-])c1ccccc1C(=O)O.[K+].[Li+].[OH-]. The van der Waals surface area contributed by atoms with Crippen LogP contribution < -0.4 is 75.4 Å². The summed E-state index contributed by atoms with van der Waals surface area (Å²) < 4.78 is 0. The molecule has 2 N–H and O–H groups in total. The average Bonchev–Trinajstić information content (AvgIpc) is 2.04. The largest absolute Gasteiger partial charge is 1.00 e. The van der Waals surface area contributed by atoms with Crippen molar-refractivity contribution in [3.05, 3.63) is 35.4 Å². The van der Waals surface area contributed by atoms with E-state index in [1.54, 1.807) is 0 Å². The topological polar surface area (TPSA) is 107 Å². The van der Waals surface area contributed by atoms with E-state index >= 15 is 0 Å². The Morgan fingerprint density at radius 3 is 1.80 bits per heavy atom. The Morgan fingerprint density at radius 1 is 1.13 bits per heavy atom. The second-order valence-electron chi connectivity index (χ2n) is 2.14. The van der Waals surface area contributed by atoms with Crippen LogP contribution in [0, 0.1) is 0 Å². The van der Waals surface area contributed by atoms with Gasteiger partial charge < -0.3 is 20.5 Å². The fraction of sp³-hybridized carbons (Fsp3) is 0. The van der Waals surface area contributed by atoms with Gasteiger partial charge in [-0.05, 0) is 6.07 Å². The number of carboxylic acid groups (broad SMARTS) is 2. The second kappa shape index (κ2) is 9.57. The summed E-state index contributed by atoms with van der Waals surface area (Å²) >= 11 is 0. The van der Waals surface area contributed by atoms with Gasteiger partial charge >= 0.3 is 76.2 Å². The van der Waals surface area contributed by atoms with Gasteiger partial charge in [0.2, 0.25) is 0 Å². The molecule has 0 heterocycles. The molecule has 7 heteroatoms. The van der Waals surface area contributed by atoms with Crippen LogP contribution in [0.15, 0.2) is 24.3 Å². The number of carboxylic acids is 2. The van der Waals surface area contributed by atoms with E-state index in [9.17, 15) is 14.7 Å². The summed E-state index contributed by atoms with van der Waals surface area (Å²) in [5.41, 5.74) is -0.553. The van der Waals surface area contributed by atoms with Crippen LogP contribution in [0.2, 0.25) is 0 Å². The molecular weight excluding hydrogens is 222 g/mol. The maximum Gasteiger partial charge on any atom is 1.00 e. The van der Waals surface area contributed by atoms with Gasteiger partial charge in [-0.3, -0.25) is 0 Å². The smallest absolute Gasteiger partial charge is 0.870 e. The summed E-state index contributed by atoms with van der Waals surface area (Å²) in [5, 5.41) is 18.9. The first kappa shape index (κ1) is 20.7. The third kappa shape index (κ3) is 5.85. The van der Waals surface area contributed by atoms with Crippen molar-refractivity contribution in [3.63, 3.8) is 0 Å². The Morgan fingerprint density at radius 2 is 1.53 bits per heavy atom. The van der Waals surface area contributed by atoms with E-state index in [1.807, 2.05) is 0 Å². The van der Waals surface area contributed by atoms with E-state index in [4.69, 9.17) is 5.11 Å². The molecule has 0 amide bonds. The zero-order chi connectivity index (χ0) is 9.14. The summed E-state index contributed by atoms with van der Waals surface area (Å²) in [6.07, 6.45) is 0. The summed E-state index contributed by atoms with van der Waals surface area (Å²) in [5.74, 6) is -2.75. The van der Waals surface area contributed by atoms with Crippen LogP contribution in [0.5, 0.6) is 0 Å². The maximum atomic E-state index is 10.4. The molecule has 0 aliphatic carbocycles. The monoisotopic (exact) mass is 228 g/mol. The van der Waals surface area contributed by atoms with Gasteiger partial charge in [-0.1, -0.05) is 18.2 Å². The van der Waals surface area contributed by atoms with Crippen molar-refractivity contribution >= 4 is 11.9 Å².